The summed E-state index contributed by atoms with van der Waals surface area (Å²) in [5.41, 5.74) is -0.179. The van der Waals surface area contributed by atoms with Gasteiger partial charge in [-0.05, 0) is 29.8 Å². The summed E-state index contributed by atoms with van der Waals surface area (Å²) >= 11 is 0. The summed E-state index contributed by atoms with van der Waals surface area (Å²) in [6.45, 7) is -0.111. The molecule has 2 aromatic rings. The van der Waals surface area contributed by atoms with Crippen LogP contribution in [0.25, 0.3) is 0 Å². The number of nitrogens with zero attached hydrogens (tertiary/aromatic N) is 1. The zero-order chi connectivity index (χ0) is 17.9. The molecule has 0 bridgehead atoms. The van der Waals surface area contributed by atoms with E-state index in [1.54, 1.807) is 0 Å². The fraction of sp³-hybridized carbons (Fsp3) is 0.200. The summed E-state index contributed by atoms with van der Waals surface area (Å²) in [5.74, 6) is -0.449. The van der Waals surface area contributed by atoms with Crippen LogP contribution in [0, 0.1) is 15.9 Å². The molecular weight excluding hydrogens is 339 g/mol. The number of para-hydroxylation sites is 1. The largest absolute Gasteiger partial charge is 0.387 e. The van der Waals surface area contributed by atoms with Gasteiger partial charge < -0.3 is 10.4 Å². The normalized spacial score (nSPS) is 12.6. The van der Waals surface area contributed by atoms with Crippen molar-refractivity contribution < 1.29 is 22.8 Å². The van der Waals surface area contributed by atoms with Gasteiger partial charge in [0.2, 0.25) is 0 Å². The van der Waals surface area contributed by atoms with Crippen molar-refractivity contribution in [3.63, 3.8) is 0 Å². The Bertz CT molecular complexity index is 853. The van der Waals surface area contributed by atoms with Gasteiger partial charge in [0, 0.05) is 12.8 Å². The van der Waals surface area contributed by atoms with Crippen LogP contribution in [0.15, 0.2) is 47.4 Å². The number of benzene rings is 2. The van der Waals surface area contributed by atoms with Gasteiger partial charge in [0.05, 0.1) is 11.0 Å². The minimum absolute atomic E-state index is 0.0240. The molecule has 24 heavy (non-hydrogen) atoms. The van der Waals surface area contributed by atoms with Gasteiger partial charge in [0.1, 0.15) is 16.4 Å². The van der Waals surface area contributed by atoms with Crippen molar-refractivity contribution >= 4 is 21.2 Å². The van der Waals surface area contributed by atoms with E-state index in [-0.39, 0.29) is 12.2 Å². The molecule has 0 aliphatic carbocycles. The van der Waals surface area contributed by atoms with Crippen LogP contribution >= 0.6 is 0 Å². The molecule has 1 unspecified atom stereocenters. The molecule has 2 rings (SSSR count). The smallest absolute Gasteiger partial charge is 0.310 e. The number of aliphatic hydroxyl groups excluding tert-OH is 1. The van der Waals surface area contributed by atoms with Crippen LogP contribution in [-0.2, 0) is 9.84 Å². The maximum Gasteiger partial charge on any atom is 0.310 e. The summed E-state index contributed by atoms with van der Waals surface area (Å²) in [6.07, 6.45) is -0.168. The first-order valence-corrected chi connectivity index (χ1v) is 8.74. The second-order valence-corrected chi connectivity index (χ2v) is 7.11. The molecule has 7 nitrogen and oxygen atoms in total. The van der Waals surface area contributed by atoms with Crippen LogP contribution in [0.5, 0.6) is 0 Å². The Balaban J connectivity index is 2.27. The molecule has 0 radical (unpaired) electrons. The monoisotopic (exact) mass is 354 g/mol. The quantitative estimate of drug-likeness (QED) is 0.608. The number of nitro groups is 1. The number of nitrogens with one attached hydrogen (secondary N) is 1. The minimum atomic E-state index is -3.78. The van der Waals surface area contributed by atoms with Crippen LogP contribution in [0.2, 0.25) is 0 Å². The molecule has 0 saturated carbocycles. The van der Waals surface area contributed by atoms with Crippen molar-refractivity contribution in [1.82, 2.24) is 0 Å². The summed E-state index contributed by atoms with van der Waals surface area (Å²) in [6, 6.07) is 9.03. The second-order valence-electron chi connectivity index (χ2n) is 5.13. The predicted molar refractivity (Wildman–Crippen MR) is 86.1 cm³/mol. The third-order valence-corrected chi connectivity index (χ3v) is 4.45. The first-order valence-electron chi connectivity index (χ1n) is 6.85. The highest BCUT2D eigenvalue weighted by atomic mass is 32.2. The van der Waals surface area contributed by atoms with Crippen molar-refractivity contribution in [3.8, 4) is 0 Å². The van der Waals surface area contributed by atoms with Crippen molar-refractivity contribution in [3.05, 3.63) is 64.0 Å². The van der Waals surface area contributed by atoms with Crippen molar-refractivity contribution in [1.29, 1.82) is 0 Å². The average molecular weight is 354 g/mol. The molecular formula is C15H15FN2O5S. The molecule has 0 aliphatic heterocycles. The standard InChI is InChI=1S/C15H15FN2O5S/c1-24(22,23)14-4-2-3-12(15(14)18(20)21)17-9-13(19)10-5-7-11(16)8-6-10/h2-8,13,17,19H,9H2,1H3. The van der Waals surface area contributed by atoms with Crippen LogP contribution in [0.1, 0.15) is 11.7 Å². The van der Waals surface area contributed by atoms with E-state index >= 15 is 0 Å². The molecule has 2 N–H and O–H groups in total. The van der Waals surface area contributed by atoms with Gasteiger partial charge in [-0.1, -0.05) is 18.2 Å². The van der Waals surface area contributed by atoms with Gasteiger partial charge in [-0.3, -0.25) is 10.1 Å². The minimum Gasteiger partial charge on any atom is -0.387 e. The highest BCUT2D eigenvalue weighted by Gasteiger charge is 2.26. The molecule has 128 valence electrons. The van der Waals surface area contributed by atoms with Crippen LogP contribution in [-0.4, -0.2) is 31.2 Å². The van der Waals surface area contributed by atoms with Gasteiger partial charge in [0.25, 0.3) is 0 Å². The maximum absolute atomic E-state index is 12.9. The Morgan fingerprint density at radius 3 is 2.42 bits per heavy atom. The number of rotatable bonds is 6. The van der Waals surface area contributed by atoms with E-state index in [1.807, 2.05) is 0 Å². The Morgan fingerprint density at radius 2 is 1.88 bits per heavy atom. The van der Waals surface area contributed by atoms with Crippen molar-refractivity contribution in [2.45, 2.75) is 11.0 Å². The summed E-state index contributed by atoms with van der Waals surface area (Å²) in [5, 5.41) is 24.0. The van der Waals surface area contributed by atoms with E-state index in [0.717, 1.165) is 12.3 Å². The first-order chi connectivity index (χ1) is 11.2. The molecule has 0 spiro atoms. The van der Waals surface area contributed by atoms with Gasteiger partial charge in [0.15, 0.2) is 9.84 Å². The lowest BCUT2D eigenvalue weighted by Crippen LogP contribution is -2.14. The van der Waals surface area contributed by atoms with E-state index in [0.29, 0.717) is 5.56 Å². The number of hydrogen-bond acceptors (Lipinski definition) is 6. The maximum atomic E-state index is 12.9. The second kappa shape index (κ2) is 6.93. The molecule has 0 fully saturated rings. The molecule has 0 aromatic heterocycles. The Labute approximate surface area is 137 Å². The predicted octanol–water partition coefficient (Wildman–Crippen LogP) is 2.28. The van der Waals surface area contributed by atoms with Gasteiger partial charge >= 0.3 is 5.69 Å². The molecule has 0 saturated heterocycles. The van der Waals surface area contributed by atoms with E-state index in [4.69, 9.17) is 0 Å². The zero-order valence-electron chi connectivity index (χ0n) is 12.6. The molecule has 0 heterocycles. The van der Waals surface area contributed by atoms with Gasteiger partial charge in [-0.2, -0.15) is 0 Å². The number of anilines is 1. The number of halogens is 1. The van der Waals surface area contributed by atoms with E-state index < -0.39 is 37.3 Å². The summed E-state index contributed by atoms with van der Waals surface area (Å²) < 4.78 is 36.2. The Hall–Kier alpha value is -2.52. The average Bonchev–Trinajstić information content (AvgIpc) is 2.51. The number of nitro benzene ring substituents is 1. The molecule has 1 atom stereocenters. The van der Waals surface area contributed by atoms with Gasteiger partial charge in [-0.25, -0.2) is 12.8 Å². The fourth-order valence-electron chi connectivity index (χ4n) is 2.16. The summed E-state index contributed by atoms with van der Waals surface area (Å²) in [4.78, 5) is 10.0. The van der Waals surface area contributed by atoms with Crippen molar-refractivity contribution in [2.24, 2.45) is 0 Å². The van der Waals surface area contributed by atoms with Crippen LogP contribution < -0.4 is 5.32 Å². The Morgan fingerprint density at radius 1 is 1.25 bits per heavy atom. The molecule has 9 heteroatoms. The lowest BCUT2D eigenvalue weighted by Gasteiger charge is -2.14. The summed E-state index contributed by atoms with van der Waals surface area (Å²) in [7, 11) is -3.78. The lowest BCUT2D eigenvalue weighted by molar-refractivity contribution is -0.386. The molecule has 0 aliphatic rings. The van der Waals surface area contributed by atoms with Crippen molar-refractivity contribution in [2.75, 3.05) is 18.1 Å². The molecule has 0 amide bonds. The van der Waals surface area contributed by atoms with E-state index in [9.17, 15) is 28.0 Å². The fourth-order valence-corrected chi connectivity index (χ4v) is 3.02. The number of aliphatic hydroxyl groups is 1. The third-order valence-electron chi connectivity index (χ3n) is 3.32. The zero-order valence-corrected chi connectivity index (χ0v) is 13.5. The SMILES string of the molecule is CS(=O)(=O)c1cccc(NCC(O)c2ccc(F)cc2)c1[N+](=O)[O-]. The van der Waals surface area contributed by atoms with Crippen LogP contribution in [0.3, 0.4) is 0 Å². The third kappa shape index (κ3) is 4.06. The molecule has 2 aromatic carbocycles. The highest BCUT2D eigenvalue weighted by Crippen LogP contribution is 2.32. The Kier molecular flexibility index (Phi) is 5.15. The topological polar surface area (TPSA) is 110 Å². The van der Waals surface area contributed by atoms with E-state index in [1.165, 1.54) is 36.4 Å². The lowest BCUT2D eigenvalue weighted by atomic mass is 10.1. The number of hydrogen-bond donors (Lipinski definition) is 2. The van der Waals surface area contributed by atoms with Gasteiger partial charge in [-0.15, -0.1) is 0 Å². The highest BCUT2D eigenvalue weighted by molar-refractivity contribution is 7.90. The van der Waals surface area contributed by atoms with Crippen LogP contribution in [0.4, 0.5) is 15.8 Å². The number of sulfone groups is 1. The first kappa shape index (κ1) is 17.8. The van der Waals surface area contributed by atoms with E-state index in [2.05, 4.69) is 5.32 Å².